The molecule has 2 unspecified atom stereocenters. The van der Waals surface area contributed by atoms with Gasteiger partial charge in [0.15, 0.2) is 0 Å². The Morgan fingerprint density at radius 2 is 1.90 bits per heavy atom. The van der Waals surface area contributed by atoms with E-state index < -0.39 is 0 Å². The molecule has 2 rings (SSSR count). The van der Waals surface area contributed by atoms with E-state index in [1.54, 1.807) is 0 Å². The topological polar surface area (TPSA) is 32.3 Å². The van der Waals surface area contributed by atoms with Gasteiger partial charge in [-0.3, -0.25) is 10.1 Å². The molecule has 0 aromatic rings. The molecule has 1 saturated carbocycles. The highest BCUT2D eigenvalue weighted by atomic mass is 16.2. The van der Waals surface area contributed by atoms with Crippen molar-refractivity contribution in [2.75, 3.05) is 0 Å². The van der Waals surface area contributed by atoms with Gasteiger partial charge < -0.3 is 4.90 Å². The quantitative estimate of drug-likeness (QED) is 0.854. The lowest BCUT2D eigenvalue weighted by molar-refractivity contribution is -0.134. The summed E-state index contributed by atoms with van der Waals surface area (Å²) in [5.41, 5.74) is 0.461. The molecule has 20 heavy (non-hydrogen) atoms. The zero-order chi connectivity index (χ0) is 14.9. The van der Waals surface area contributed by atoms with Crippen LogP contribution in [0.5, 0.6) is 0 Å². The maximum atomic E-state index is 12.7. The molecule has 1 aliphatic heterocycles. The van der Waals surface area contributed by atoms with Crippen LogP contribution in [0.4, 0.5) is 0 Å². The molecule has 1 aliphatic carbocycles. The van der Waals surface area contributed by atoms with E-state index in [4.69, 9.17) is 0 Å². The normalized spacial score (nSPS) is 31.3. The van der Waals surface area contributed by atoms with E-state index in [-0.39, 0.29) is 12.2 Å². The van der Waals surface area contributed by atoms with Crippen LogP contribution < -0.4 is 5.32 Å². The van der Waals surface area contributed by atoms with Crippen molar-refractivity contribution < 1.29 is 4.79 Å². The van der Waals surface area contributed by atoms with E-state index in [0.717, 1.165) is 12.8 Å². The molecule has 3 heteroatoms. The summed E-state index contributed by atoms with van der Waals surface area (Å²) in [6.45, 7) is 11.3. The Hall–Kier alpha value is -0.570. The van der Waals surface area contributed by atoms with Crippen LogP contribution in [0.1, 0.15) is 73.1 Å². The Morgan fingerprint density at radius 1 is 1.30 bits per heavy atom. The average molecular weight is 280 g/mol. The molecule has 2 fully saturated rings. The van der Waals surface area contributed by atoms with E-state index >= 15 is 0 Å². The minimum atomic E-state index is 0.0577. The van der Waals surface area contributed by atoms with Crippen LogP contribution in [0.3, 0.4) is 0 Å². The van der Waals surface area contributed by atoms with Gasteiger partial charge >= 0.3 is 0 Å². The first-order valence-corrected chi connectivity index (χ1v) is 8.44. The van der Waals surface area contributed by atoms with Crippen molar-refractivity contribution in [2.24, 2.45) is 11.3 Å². The summed E-state index contributed by atoms with van der Waals surface area (Å²) < 4.78 is 0. The number of rotatable bonds is 4. The molecule has 1 amide bonds. The van der Waals surface area contributed by atoms with Crippen molar-refractivity contribution in [3.05, 3.63) is 0 Å². The predicted molar refractivity (Wildman–Crippen MR) is 83.3 cm³/mol. The van der Waals surface area contributed by atoms with Gasteiger partial charge in [0.2, 0.25) is 5.91 Å². The van der Waals surface area contributed by atoms with Crippen molar-refractivity contribution in [2.45, 2.75) is 91.4 Å². The minimum absolute atomic E-state index is 0.0577. The number of carbonyl (C=O) groups is 1. The van der Waals surface area contributed by atoms with E-state index in [1.807, 2.05) is 0 Å². The molecule has 0 aromatic carbocycles. The van der Waals surface area contributed by atoms with Crippen molar-refractivity contribution in [3.63, 3.8) is 0 Å². The Bertz CT molecular complexity index is 341. The Labute approximate surface area is 124 Å². The van der Waals surface area contributed by atoms with Gasteiger partial charge in [-0.05, 0) is 43.4 Å². The van der Waals surface area contributed by atoms with Crippen LogP contribution in [0.15, 0.2) is 0 Å². The number of nitrogens with one attached hydrogen (secondary N) is 1. The lowest BCUT2D eigenvalue weighted by Crippen LogP contribution is -2.49. The van der Waals surface area contributed by atoms with Crippen molar-refractivity contribution in [1.82, 2.24) is 10.2 Å². The maximum Gasteiger partial charge on any atom is 0.241 e. The van der Waals surface area contributed by atoms with Gasteiger partial charge in [-0.15, -0.1) is 0 Å². The van der Waals surface area contributed by atoms with E-state index in [1.165, 1.54) is 25.7 Å². The molecule has 3 nitrogen and oxygen atoms in total. The standard InChI is InChI=1S/C17H32N2O/c1-6-7-14-16(20)19(15(18-14)12(2)3)13-8-10-17(4,5)11-9-13/h12-15,18H,6-11H2,1-5H3. The van der Waals surface area contributed by atoms with Gasteiger partial charge in [-0.2, -0.15) is 0 Å². The molecule has 1 saturated heterocycles. The molecule has 1 heterocycles. The molecule has 0 bridgehead atoms. The van der Waals surface area contributed by atoms with Gasteiger partial charge in [0, 0.05) is 6.04 Å². The zero-order valence-corrected chi connectivity index (χ0v) is 13.9. The fourth-order valence-corrected chi connectivity index (χ4v) is 3.75. The first-order valence-electron chi connectivity index (χ1n) is 8.44. The Kier molecular flexibility index (Phi) is 4.78. The summed E-state index contributed by atoms with van der Waals surface area (Å²) in [4.78, 5) is 14.9. The highest BCUT2D eigenvalue weighted by Gasteiger charge is 2.44. The fourth-order valence-electron chi connectivity index (χ4n) is 3.75. The van der Waals surface area contributed by atoms with Gasteiger partial charge in [0.1, 0.15) is 0 Å². The molecule has 0 radical (unpaired) electrons. The largest absolute Gasteiger partial charge is 0.323 e. The monoisotopic (exact) mass is 280 g/mol. The summed E-state index contributed by atoms with van der Waals surface area (Å²) >= 11 is 0. The molecule has 2 atom stereocenters. The van der Waals surface area contributed by atoms with Crippen LogP contribution in [-0.4, -0.2) is 29.1 Å². The SMILES string of the molecule is CCCC1NC(C(C)C)N(C2CCC(C)(C)CC2)C1=O. The van der Waals surface area contributed by atoms with Crippen molar-refractivity contribution >= 4 is 5.91 Å². The summed E-state index contributed by atoms with van der Waals surface area (Å²) in [5.74, 6) is 0.839. The zero-order valence-electron chi connectivity index (χ0n) is 13.9. The highest BCUT2D eigenvalue weighted by molar-refractivity contribution is 5.84. The third kappa shape index (κ3) is 3.19. The number of carbonyl (C=O) groups excluding carboxylic acids is 1. The smallest absolute Gasteiger partial charge is 0.241 e. The van der Waals surface area contributed by atoms with Crippen LogP contribution in [0, 0.1) is 11.3 Å². The lowest BCUT2D eigenvalue weighted by atomic mass is 9.75. The van der Waals surface area contributed by atoms with Crippen LogP contribution in [0.2, 0.25) is 0 Å². The molecular formula is C17H32N2O. The third-order valence-electron chi connectivity index (χ3n) is 5.14. The second-order valence-corrected chi connectivity index (χ2v) is 7.84. The number of amides is 1. The van der Waals surface area contributed by atoms with E-state index in [2.05, 4.69) is 44.8 Å². The Balaban J connectivity index is 2.09. The van der Waals surface area contributed by atoms with Gasteiger partial charge in [-0.25, -0.2) is 0 Å². The molecule has 0 spiro atoms. The average Bonchev–Trinajstić information content (AvgIpc) is 2.68. The Morgan fingerprint density at radius 3 is 2.40 bits per heavy atom. The molecule has 2 aliphatic rings. The summed E-state index contributed by atoms with van der Waals surface area (Å²) in [7, 11) is 0. The maximum absolute atomic E-state index is 12.7. The van der Waals surface area contributed by atoms with Gasteiger partial charge in [0.05, 0.1) is 12.2 Å². The molecule has 116 valence electrons. The second-order valence-electron chi connectivity index (χ2n) is 7.84. The molecule has 1 N–H and O–H groups in total. The molecule has 0 aromatic heterocycles. The first kappa shape index (κ1) is 15.8. The van der Waals surface area contributed by atoms with Crippen LogP contribution in [0.25, 0.3) is 0 Å². The summed E-state index contributed by atoms with van der Waals surface area (Å²) in [6.07, 6.45) is 7.10. The number of nitrogens with zero attached hydrogens (tertiary/aromatic N) is 1. The van der Waals surface area contributed by atoms with Gasteiger partial charge in [-0.1, -0.05) is 41.0 Å². The summed E-state index contributed by atoms with van der Waals surface area (Å²) in [6, 6.07) is 0.514. The van der Waals surface area contributed by atoms with Crippen molar-refractivity contribution in [1.29, 1.82) is 0 Å². The predicted octanol–water partition coefficient (Wildman–Crippen LogP) is 3.54. The number of hydrogen-bond acceptors (Lipinski definition) is 2. The van der Waals surface area contributed by atoms with Crippen LogP contribution in [-0.2, 0) is 4.79 Å². The number of hydrogen-bond donors (Lipinski definition) is 1. The second kappa shape index (κ2) is 6.05. The van der Waals surface area contributed by atoms with Crippen LogP contribution >= 0.6 is 0 Å². The molecular weight excluding hydrogens is 248 g/mol. The first-order chi connectivity index (χ1) is 9.35. The van der Waals surface area contributed by atoms with E-state index in [0.29, 0.717) is 23.3 Å². The minimum Gasteiger partial charge on any atom is -0.323 e. The summed E-state index contributed by atoms with van der Waals surface area (Å²) in [5, 5.41) is 3.59. The van der Waals surface area contributed by atoms with Gasteiger partial charge in [0.25, 0.3) is 0 Å². The lowest BCUT2D eigenvalue weighted by Gasteiger charge is -2.41. The van der Waals surface area contributed by atoms with E-state index in [9.17, 15) is 4.79 Å². The highest BCUT2D eigenvalue weighted by Crippen LogP contribution is 2.39. The third-order valence-corrected chi connectivity index (χ3v) is 5.14. The fraction of sp³-hybridized carbons (Fsp3) is 0.941. The van der Waals surface area contributed by atoms with Crippen molar-refractivity contribution in [3.8, 4) is 0 Å².